The largest absolute Gasteiger partial charge is 0.404 e. The smallest absolute Gasteiger partial charge is 0.254 e. The molecule has 1 saturated carbocycles. The lowest BCUT2D eigenvalue weighted by Gasteiger charge is -2.51. The summed E-state index contributed by atoms with van der Waals surface area (Å²) in [5.41, 5.74) is 0.0136. The van der Waals surface area contributed by atoms with Gasteiger partial charge in [-0.25, -0.2) is 0 Å². The zero-order chi connectivity index (χ0) is 20.2. The van der Waals surface area contributed by atoms with Crippen LogP contribution in [-0.2, 0) is 13.9 Å². The van der Waals surface area contributed by atoms with Crippen LogP contribution in [0.5, 0.6) is 0 Å². The summed E-state index contributed by atoms with van der Waals surface area (Å²) in [5.74, 6) is -0.699. The van der Waals surface area contributed by atoms with Gasteiger partial charge in [0.1, 0.15) is 5.60 Å². The molecule has 1 amide bonds. The van der Waals surface area contributed by atoms with E-state index in [-0.39, 0.29) is 17.0 Å². The molecule has 6 heteroatoms. The molecule has 1 radical (unpaired) electrons. The first-order valence-electron chi connectivity index (χ1n) is 10.4. The Morgan fingerprint density at radius 1 is 1.29 bits per heavy atom. The van der Waals surface area contributed by atoms with Crippen LogP contribution in [0.25, 0.3) is 0 Å². The van der Waals surface area contributed by atoms with Gasteiger partial charge in [0, 0.05) is 24.4 Å². The van der Waals surface area contributed by atoms with Gasteiger partial charge >= 0.3 is 0 Å². The number of rotatable bonds is 3. The Labute approximate surface area is 169 Å². The van der Waals surface area contributed by atoms with Gasteiger partial charge in [-0.15, -0.1) is 0 Å². The molecule has 1 aromatic carbocycles. The highest BCUT2D eigenvalue weighted by molar-refractivity contribution is 6.74. The summed E-state index contributed by atoms with van der Waals surface area (Å²) < 4.78 is 19.5. The highest BCUT2D eigenvalue weighted by atomic mass is 28.4. The molecular weight excluding hydrogens is 370 g/mol. The second kappa shape index (κ2) is 6.66. The maximum absolute atomic E-state index is 13.3. The molecule has 3 fully saturated rings. The van der Waals surface area contributed by atoms with Gasteiger partial charge in [0.15, 0.2) is 14.1 Å². The molecule has 28 heavy (non-hydrogen) atoms. The summed E-state index contributed by atoms with van der Waals surface area (Å²) >= 11 is 0. The first-order chi connectivity index (χ1) is 13.1. The minimum absolute atomic E-state index is 0.0290. The van der Waals surface area contributed by atoms with Crippen molar-refractivity contribution >= 4 is 14.2 Å². The van der Waals surface area contributed by atoms with E-state index in [4.69, 9.17) is 13.9 Å². The van der Waals surface area contributed by atoms with Crippen molar-refractivity contribution in [2.45, 2.75) is 75.6 Å². The molecule has 4 rings (SSSR count). The second-order valence-corrected chi connectivity index (χ2v) is 14.6. The number of ether oxygens (including phenoxy) is 2. The quantitative estimate of drug-likeness (QED) is 0.717. The predicted octanol–water partition coefficient (Wildman–Crippen LogP) is 4.00. The number of nitrogens with zero attached hydrogens (tertiary/aromatic N) is 1. The van der Waals surface area contributed by atoms with E-state index < -0.39 is 19.7 Å². The van der Waals surface area contributed by atoms with Gasteiger partial charge < -0.3 is 18.8 Å². The molecule has 1 aromatic rings. The van der Waals surface area contributed by atoms with Gasteiger partial charge in [-0.05, 0) is 36.7 Å². The fourth-order valence-corrected chi connectivity index (χ4v) is 6.24. The second-order valence-electron chi connectivity index (χ2n) is 9.91. The fraction of sp³-hybridized carbons (Fsp3) is 0.682. The van der Waals surface area contributed by atoms with Crippen LogP contribution in [0.1, 0.15) is 50.4 Å². The van der Waals surface area contributed by atoms with E-state index in [0.29, 0.717) is 25.3 Å². The molecule has 0 N–H and O–H groups in total. The van der Waals surface area contributed by atoms with Crippen molar-refractivity contribution in [2.75, 3.05) is 19.8 Å². The number of benzene rings is 1. The summed E-state index contributed by atoms with van der Waals surface area (Å²) in [4.78, 5) is 15.3. The number of carbonyl (C=O) groups excluding carboxylic acids is 1. The van der Waals surface area contributed by atoms with Crippen molar-refractivity contribution in [3.05, 3.63) is 35.9 Å². The van der Waals surface area contributed by atoms with Crippen molar-refractivity contribution in [3.8, 4) is 0 Å². The van der Waals surface area contributed by atoms with Crippen molar-refractivity contribution in [3.63, 3.8) is 0 Å². The van der Waals surface area contributed by atoms with Gasteiger partial charge in [-0.3, -0.25) is 4.79 Å². The van der Waals surface area contributed by atoms with E-state index in [9.17, 15) is 4.79 Å². The Kier molecular flexibility index (Phi) is 4.77. The molecule has 0 unspecified atom stereocenters. The summed E-state index contributed by atoms with van der Waals surface area (Å²) in [6, 6.07) is 10.6. The highest BCUT2D eigenvalue weighted by Gasteiger charge is 2.67. The van der Waals surface area contributed by atoms with Crippen LogP contribution in [0.15, 0.2) is 24.3 Å². The molecule has 2 atom stereocenters. The van der Waals surface area contributed by atoms with E-state index in [1.54, 1.807) is 6.07 Å². The molecule has 153 valence electrons. The number of hydrogen-bond donors (Lipinski definition) is 0. The summed E-state index contributed by atoms with van der Waals surface area (Å²) in [6.07, 6.45) is 2.42. The van der Waals surface area contributed by atoms with Gasteiger partial charge in [-0.1, -0.05) is 39.0 Å². The van der Waals surface area contributed by atoms with Crippen LogP contribution in [-0.4, -0.2) is 56.3 Å². The van der Waals surface area contributed by atoms with Crippen LogP contribution in [0, 0.1) is 6.07 Å². The van der Waals surface area contributed by atoms with Gasteiger partial charge in [0.05, 0.1) is 19.8 Å². The average molecular weight is 403 g/mol. The van der Waals surface area contributed by atoms with E-state index in [0.717, 1.165) is 19.3 Å². The molecule has 2 saturated heterocycles. The zero-order valence-corrected chi connectivity index (χ0v) is 18.7. The Morgan fingerprint density at radius 3 is 2.61 bits per heavy atom. The lowest BCUT2D eigenvalue weighted by Crippen LogP contribution is -2.64. The minimum Gasteiger partial charge on any atom is -0.404 e. The average Bonchev–Trinajstić information content (AvgIpc) is 3.22. The Hall–Kier alpha value is -1.21. The Bertz CT molecular complexity index is 739. The van der Waals surface area contributed by atoms with Crippen molar-refractivity contribution in [1.29, 1.82) is 0 Å². The number of likely N-dealkylation sites (tertiary alicyclic amines) is 1. The Morgan fingerprint density at radius 2 is 2.00 bits per heavy atom. The summed E-state index contributed by atoms with van der Waals surface area (Å²) in [6.45, 7) is 13.0. The number of carbonyl (C=O) groups is 1. The molecule has 2 aliphatic heterocycles. The van der Waals surface area contributed by atoms with Crippen molar-refractivity contribution < 1.29 is 18.7 Å². The predicted molar refractivity (Wildman–Crippen MR) is 110 cm³/mol. The first-order valence-corrected chi connectivity index (χ1v) is 13.3. The summed E-state index contributed by atoms with van der Waals surface area (Å²) in [5, 5.41) is 0.0686. The van der Waals surface area contributed by atoms with E-state index >= 15 is 0 Å². The zero-order valence-electron chi connectivity index (χ0n) is 17.7. The monoisotopic (exact) mass is 402 g/mol. The summed E-state index contributed by atoms with van der Waals surface area (Å²) in [7, 11) is -2.10. The topological polar surface area (TPSA) is 48.0 Å². The Balaban J connectivity index is 1.69. The molecule has 2 bridgehead atoms. The molecule has 1 spiro atoms. The van der Waals surface area contributed by atoms with Crippen LogP contribution in [0.2, 0.25) is 18.1 Å². The van der Waals surface area contributed by atoms with Gasteiger partial charge in [0.2, 0.25) is 0 Å². The van der Waals surface area contributed by atoms with Crippen LogP contribution in [0.4, 0.5) is 0 Å². The first kappa shape index (κ1) is 20.1. The normalized spacial score (nSPS) is 29.5. The third-order valence-corrected chi connectivity index (χ3v) is 11.7. The SMILES string of the molecule is CC(C)(C)[Si](C)(C)O[C@@]12C[C@@H](CCC13OCCO3)N(C(=O)c1[c]cccc1)C2. The van der Waals surface area contributed by atoms with Gasteiger partial charge in [-0.2, -0.15) is 0 Å². The number of hydrogen-bond acceptors (Lipinski definition) is 4. The molecule has 0 aromatic heterocycles. The van der Waals surface area contributed by atoms with Crippen LogP contribution in [0.3, 0.4) is 0 Å². The van der Waals surface area contributed by atoms with Crippen LogP contribution < -0.4 is 0 Å². The molecular formula is C22H32NO4Si. The standard InChI is InChI=1S/C22H32NO4Si/c1-20(2,3)28(4,5)27-21-15-18(11-12-22(21)25-13-14-26-22)23(16-21)19(24)17-9-7-6-8-10-17/h6-9,18H,11-16H2,1-5H3/t18-,21-/m1/s1. The number of amides is 1. The van der Waals surface area contributed by atoms with Crippen LogP contribution >= 0.6 is 0 Å². The highest BCUT2D eigenvalue weighted by Crippen LogP contribution is 2.54. The number of fused-ring (bicyclic) bond motifs is 3. The van der Waals surface area contributed by atoms with Gasteiger partial charge in [0.25, 0.3) is 5.91 Å². The molecule has 3 aliphatic rings. The lowest BCUT2D eigenvalue weighted by molar-refractivity contribution is -0.268. The van der Waals surface area contributed by atoms with E-state index in [2.05, 4.69) is 39.9 Å². The lowest BCUT2D eigenvalue weighted by atomic mass is 9.80. The third kappa shape index (κ3) is 3.05. The van der Waals surface area contributed by atoms with Crippen molar-refractivity contribution in [2.24, 2.45) is 0 Å². The minimum atomic E-state index is -2.10. The van der Waals surface area contributed by atoms with E-state index in [1.165, 1.54) is 0 Å². The van der Waals surface area contributed by atoms with E-state index in [1.807, 2.05) is 23.1 Å². The maximum atomic E-state index is 13.3. The molecule has 1 aliphatic carbocycles. The maximum Gasteiger partial charge on any atom is 0.254 e. The molecule has 5 nitrogen and oxygen atoms in total. The molecule has 2 heterocycles. The van der Waals surface area contributed by atoms with Crippen molar-refractivity contribution in [1.82, 2.24) is 4.90 Å². The third-order valence-electron chi connectivity index (χ3n) is 7.14. The fourth-order valence-electron chi connectivity index (χ4n) is 4.65.